The summed E-state index contributed by atoms with van der Waals surface area (Å²) in [7, 11) is 1.58. The minimum absolute atomic E-state index is 0.261. The Hall–Kier alpha value is -5.13. The molecule has 6 rings (SSSR count). The molecule has 232 valence electrons. The van der Waals surface area contributed by atoms with E-state index in [-0.39, 0.29) is 23.6 Å². The number of benzene rings is 3. The highest BCUT2D eigenvalue weighted by atomic mass is 35.5. The van der Waals surface area contributed by atoms with Crippen molar-refractivity contribution >= 4 is 45.8 Å². The molecule has 3 heterocycles. The Kier molecular flexibility index (Phi) is 9.32. The van der Waals surface area contributed by atoms with Crippen LogP contribution in [0.25, 0.3) is 11.1 Å². The monoisotopic (exact) mass is 653 g/mol. The first-order chi connectivity index (χ1) is 22.4. The van der Waals surface area contributed by atoms with Gasteiger partial charge >= 0.3 is 0 Å². The molecule has 5 aromatic rings. The summed E-state index contributed by atoms with van der Waals surface area (Å²) in [5, 5.41) is 12.1. The van der Waals surface area contributed by atoms with Gasteiger partial charge in [0.1, 0.15) is 12.4 Å². The van der Waals surface area contributed by atoms with E-state index in [1.807, 2.05) is 42.5 Å². The summed E-state index contributed by atoms with van der Waals surface area (Å²) in [4.78, 5) is 44.8. The van der Waals surface area contributed by atoms with Crippen molar-refractivity contribution in [1.82, 2.24) is 20.1 Å². The molecule has 0 radical (unpaired) electrons. The minimum atomic E-state index is -0.411. The topological polar surface area (TPSA) is 124 Å². The first kappa shape index (κ1) is 30.9. The fourth-order valence-electron chi connectivity index (χ4n) is 5.13. The Balaban J connectivity index is 1.13. The number of aromatic nitrogens is 3. The van der Waals surface area contributed by atoms with E-state index in [4.69, 9.17) is 21.1 Å². The predicted molar refractivity (Wildman–Crippen MR) is 175 cm³/mol. The number of para-hydroxylation sites is 1. The first-order valence-electron chi connectivity index (χ1n) is 14.5. The highest BCUT2D eigenvalue weighted by Crippen LogP contribution is 2.34. The molecule has 0 bridgehead atoms. The number of fused-ring (bicyclic) bond motifs is 1. The van der Waals surface area contributed by atoms with E-state index in [0.717, 1.165) is 28.2 Å². The third-order valence-electron chi connectivity index (χ3n) is 7.45. The fraction of sp³-hybridized carbons (Fsp3) is 0.176. The molecule has 1 aliphatic heterocycles. The summed E-state index contributed by atoms with van der Waals surface area (Å²) in [6, 6.07) is 23.5. The molecule has 12 heteroatoms. The maximum Gasteiger partial charge on any atom is 0.296 e. The standard InChI is InChI=1S/C34H28ClN5O5S/c1-44-29-12-5-4-9-24(29)27-18-23(8-6-7-17-40-31(42)25-10-2-3-11-26(25)32(40)43)36-19-28(27)30(41)37-33-38-39-34(46-33)45-20-21-13-15-22(35)16-14-21/h2-5,9-16,18-19H,6-8,17,20H2,1H3,(H,37,38,41). The zero-order chi connectivity index (χ0) is 32.0. The molecule has 0 spiro atoms. The first-order valence-corrected chi connectivity index (χ1v) is 15.7. The molecule has 2 aromatic heterocycles. The van der Waals surface area contributed by atoms with Gasteiger partial charge in [-0.25, -0.2) is 0 Å². The zero-order valence-electron chi connectivity index (χ0n) is 24.7. The number of imide groups is 1. The molecule has 0 atom stereocenters. The lowest BCUT2D eigenvalue weighted by atomic mass is 9.98. The molecule has 0 saturated heterocycles. The van der Waals surface area contributed by atoms with Gasteiger partial charge in [-0.05, 0) is 72.6 Å². The molecule has 0 aliphatic carbocycles. The number of hydrogen-bond donors (Lipinski definition) is 1. The molecule has 3 aromatic carbocycles. The molecule has 1 N–H and O–H groups in total. The van der Waals surface area contributed by atoms with Gasteiger partial charge in [-0.15, -0.1) is 5.10 Å². The number of anilines is 1. The summed E-state index contributed by atoms with van der Waals surface area (Å²) in [5.74, 6) is -0.328. The number of carbonyl (C=O) groups is 3. The number of methoxy groups -OCH3 is 1. The molecule has 0 saturated carbocycles. The van der Waals surface area contributed by atoms with Gasteiger partial charge in [-0.2, -0.15) is 0 Å². The SMILES string of the molecule is COc1ccccc1-c1cc(CCCCN2C(=O)c3ccccc3C2=O)ncc1C(=O)Nc1nnc(OCc2ccc(Cl)cc2)s1. The number of amides is 3. The number of aryl methyl sites for hydroxylation is 1. The van der Waals surface area contributed by atoms with Crippen LogP contribution in [0.5, 0.6) is 10.9 Å². The van der Waals surface area contributed by atoms with E-state index >= 15 is 0 Å². The smallest absolute Gasteiger partial charge is 0.296 e. The van der Waals surface area contributed by atoms with Crippen molar-refractivity contribution in [3.05, 3.63) is 118 Å². The fourth-order valence-corrected chi connectivity index (χ4v) is 5.85. The van der Waals surface area contributed by atoms with Gasteiger partial charge in [0.2, 0.25) is 5.13 Å². The molecule has 3 amide bonds. The number of nitrogens with zero attached hydrogens (tertiary/aromatic N) is 4. The van der Waals surface area contributed by atoms with Gasteiger partial charge in [0.15, 0.2) is 0 Å². The lowest BCUT2D eigenvalue weighted by molar-refractivity contribution is 0.0651. The lowest BCUT2D eigenvalue weighted by Crippen LogP contribution is -2.30. The van der Waals surface area contributed by atoms with E-state index in [2.05, 4.69) is 20.5 Å². The Morgan fingerprint density at radius 1 is 0.891 bits per heavy atom. The Morgan fingerprint density at radius 2 is 1.59 bits per heavy atom. The highest BCUT2D eigenvalue weighted by Gasteiger charge is 2.34. The van der Waals surface area contributed by atoms with Crippen molar-refractivity contribution in [3.63, 3.8) is 0 Å². The van der Waals surface area contributed by atoms with Crippen LogP contribution in [-0.4, -0.2) is 51.5 Å². The van der Waals surface area contributed by atoms with Crippen LogP contribution < -0.4 is 14.8 Å². The van der Waals surface area contributed by atoms with Crippen LogP contribution in [0.3, 0.4) is 0 Å². The second kappa shape index (κ2) is 13.9. The van der Waals surface area contributed by atoms with Gasteiger partial charge in [0.25, 0.3) is 22.9 Å². The van der Waals surface area contributed by atoms with Crippen molar-refractivity contribution in [2.75, 3.05) is 19.0 Å². The van der Waals surface area contributed by atoms with Crippen LogP contribution in [0.2, 0.25) is 5.02 Å². The van der Waals surface area contributed by atoms with Gasteiger partial charge in [-0.3, -0.25) is 29.6 Å². The maximum absolute atomic E-state index is 13.5. The van der Waals surface area contributed by atoms with Crippen LogP contribution in [0.4, 0.5) is 5.13 Å². The van der Waals surface area contributed by atoms with Crippen LogP contribution in [0.15, 0.2) is 85.1 Å². The average molecular weight is 654 g/mol. The van der Waals surface area contributed by atoms with Crippen LogP contribution >= 0.6 is 22.9 Å². The predicted octanol–water partition coefficient (Wildman–Crippen LogP) is 6.71. The van der Waals surface area contributed by atoms with Crippen molar-refractivity contribution in [3.8, 4) is 22.1 Å². The van der Waals surface area contributed by atoms with Crippen LogP contribution in [-0.2, 0) is 13.0 Å². The number of ether oxygens (including phenoxy) is 2. The Bertz CT molecular complexity index is 1880. The molecule has 0 unspecified atom stereocenters. The van der Waals surface area contributed by atoms with E-state index in [0.29, 0.717) is 64.0 Å². The molecular weight excluding hydrogens is 626 g/mol. The van der Waals surface area contributed by atoms with Crippen LogP contribution in [0.1, 0.15) is 55.2 Å². The molecular formula is C34H28ClN5O5S. The summed E-state index contributed by atoms with van der Waals surface area (Å²) >= 11 is 7.06. The van der Waals surface area contributed by atoms with Crippen molar-refractivity contribution in [2.24, 2.45) is 0 Å². The largest absolute Gasteiger partial charge is 0.496 e. The van der Waals surface area contributed by atoms with Gasteiger partial charge in [-0.1, -0.05) is 59.2 Å². The normalized spacial score (nSPS) is 12.3. The van der Waals surface area contributed by atoms with E-state index in [1.165, 1.54) is 11.1 Å². The Morgan fingerprint density at radius 3 is 2.30 bits per heavy atom. The van der Waals surface area contributed by atoms with E-state index in [1.54, 1.807) is 43.5 Å². The number of hydrogen-bond acceptors (Lipinski definition) is 9. The summed E-state index contributed by atoms with van der Waals surface area (Å²) in [6.07, 6.45) is 3.41. The number of nitrogens with one attached hydrogen (secondary N) is 1. The van der Waals surface area contributed by atoms with Gasteiger partial charge < -0.3 is 9.47 Å². The number of pyridine rings is 1. The number of unbranched alkanes of at least 4 members (excludes halogenated alkanes) is 1. The maximum atomic E-state index is 13.5. The lowest BCUT2D eigenvalue weighted by Gasteiger charge is -2.15. The van der Waals surface area contributed by atoms with Crippen molar-refractivity contribution in [2.45, 2.75) is 25.9 Å². The number of halogens is 1. The van der Waals surface area contributed by atoms with Crippen LogP contribution in [0, 0.1) is 0 Å². The second-order valence-electron chi connectivity index (χ2n) is 10.4. The number of rotatable bonds is 12. The third-order valence-corrected chi connectivity index (χ3v) is 8.45. The summed E-state index contributed by atoms with van der Waals surface area (Å²) in [6.45, 7) is 0.598. The quantitative estimate of drug-likeness (QED) is 0.116. The average Bonchev–Trinajstić information content (AvgIpc) is 3.63. The highest BCUT2D eigenvalue weighted by molar-refractivity contribution is 7.17. The van der Waals surface area contributed by atoms with Gasteiger partial charge in [0.05, 0.1) is 23.8 Å². The van der Waals surface area contributed by atoms with E-state index < -0.39 is 5.91 Å². The number of carbonyl (C=O) groups excluding carboxylic acids is 3. The molecule has 10 nitrogen and oxygen atoms in total. The summed E-state index contributed by atoms with van der Waals surface area (Å²) in [5.41, 5.74) is 4.27. The third kappa shape index (κ3) is 6.75. The zero-order valence-corrected chi connectivity index (χ0v) is 26.3. The Labute approximate surface area is 274 Å². The van der Waals surface area contributed by atoms with Crippen molar-refractivity contribution < 1.29 is 23.9 Å². The van der Waals surface area contributed by atoms with Crippen molar-refractivity contribution in [1.29, 1.82) is 0 Å². The molecule has 1 aliphatic rings. The molecule has 0 fully saturated rings. The van der Waals surface area contributed by atoms with E-state index in [9.17, 15) is 14.4 Å². The summed E-state index contributed by atoms with van der Waals surface area (Å²) < 4.78 is 11.3. The second-order valence-corrected chi connectivity index (χ2v) is 11.8. The van der Waals surface area contributed by atoms with Gasteiger partial charge in [0, 0.05) is 34.6 Å². The minimum Gasteiger partial charge on any atom is -0.496 e. The molecule has 46 heavy (non-hydrogen) atoms.